The Labute approximate surface area is 150 Å². The summed E-state index contributed by atoms with van der Waals surface area (Å²) in [6.07, 6.45) is -0.400. The third-order valence-electron chi connectivity index (χ3n) is 2.81. The number of nitrogens with one attached hydrogen (secondary N) is 1. The van der Waals surface area contributed by atoms with E-state index in [1.165, 1.54) is 7.11 Å². The van der Waals surface area contributed by atoms with Gasteiger partial charge in [0, 0.05) is 18.8 Å². The van der Waals surface area contributed by atoms with Crippen LogP contribution in [0.5, 0.6) is 0 Å². The molecule has 0 saturated heterocycles. The number of hydrogen-bond donors (Lipinski definition) is 2. The number of amides is 1. The first-order chi connectivity index (χ1) is 9.93. The first-order valence-corrected chi connectivity index (χ1v) is 6.31. The number of ether oxygens (including phenoxy) is 1. The maximum atomic E-state index is 11.8. The number of esters is 1. The van der Waals surface area contributed by atoms with Gasteiger partial charge in [0.1, 0.15) is 6.04 Å². The van der Waals surface area contributed by atoms with E-state index in [-0.39, 0.29) is 36.0 Å². The summed E-state index contributed by atoms with van der Waals surface area (Å²) in [5.74, 6) is -2.81. The predicted octanol–water partition coefficient (Wildman–Crippen LogP) is -4.64. The minimum atomic E-state index is -1.43. The van der Waals surface area contributed by atoms with Gasteiger partial charge in [-0.1, -0.05) is 30.3 Å². The van der Waals surface area contributed by atoms with Crippen LogP contribution in [0.15, 0.2) is 30.3 Å². The monoisotopic (exact) mass is 316 g/mol. The molecule has 0 aliphatic heterocycles. The number of hydrogen-bond acceptors (Lipinski definition) is 6. The van der Waals surface area contributed by atoms with Crippen molar-refractivity contribution in [3.05, 3.63) is 35.9 Å². The van der Waals surface area contributed by atoms with E-state index in [1.807, 2.05) is 6.07 Å². The van der Waals surface area contributed by atoms with Gasteiger partial charge in [-0.25, -0.2) is 4.79 Å². The fourth-order valence-corrected chi connectivity index (χ4v) is 1.74. The number of rotatable bonds is 7. The molecule has 0 aliphatic carbocycles. The molecule has 0 unspecified atom stereocenters. The maximum absolute atomic E-state index is 11.8. The van der Waals surface area contributed by atoms with Crippen LogP contribution in [0, 0.1) is 0 Å². The van der Waals surface area contributed by atoms with Crippen molar-refractivity contribution in [2.24, 2.45) is 5.73 Å². The molecule has 0 aromatic heterocycles. The largest absolute Gasteiger partial charge is 1.00 e. The first kappa shape index (κ1) is 20.6. The molecular formula is C14H17N2NaO5. The van der Waals surface area contributed by atoms with E-state index in [0.717, 1.165) is 5.56 Å². The van der Waals surface area contributed by atoms with E-state index < -0.39 is 36.4 Å². The first-order valence-electron chi connectivity index (χ1n) is 6.31. The van der Waals surface area contributed by atoms with E-state index >= 15 is 0 Å². The van der Waals surface area contributed by atoms with Gasteiger partial charge in [0.05, 0.1) is 13.2 Å². The number of methoxy groups -OCH3 is 1. The minimum absolute atomic E-state index is 0. The second-order valence-electron chi connectivity index (χ2n) is 4.46. The Kier molecular flexibility index (Phi) is 9.68. The van der Waals surface area contributed by atoms with Crippen molar-refractivity contribution in [2.45, 2.75) is 24.9 Å². The maximum Gasteiger partial charge on any atom is 1.00 e. The topological polar surface area (TPSA) is 122 Å². The molecule has 0 radical (unpaired) electrons. The molecule has 0 bridgehead atoms. The van der Waals surface area contributed by atoms with Crippen LogP contribution in [-0.2, 0) is 25.5 Å². The van der Waals surface area contributed by atoms with Crippen molar-refractivity contribution in [1.29, 1.82) is 0 Å². The van der Waals surface area contributed by atoms with E-state index in [1.54, 1.807) is 24.3 Å². The molecule has 22 heavy (non-hydrogen) atoms. The molecule has 0 fully saturated rings. The Morgan fingerprint density at radius 1 is 1.27 bits per heavy atom. The second kappa shape index (κ2) is 10.3. The van der Waals surface area contributed by atoms with E-state index in [4.69, 9.17) is 5.73 Å². The molecular weight excluding hydrogens is 299 g/mol. The molecule has 0 spiro atoms. The molecule has 1 aromatic carbocycles. The fourth-order valence-electron chi connectivity index (χ4n) is 1.74. The zero-order valence-corrected chi connectivity index (χ0v) is 14.6. The SMILES string of the molecule is COC(=O)[C@H](Cc1ccccc1)NC(=O)[C@@H](N)CC(=O)[O-].[Na+]. The number of carboxylic acids is 1. The van der Waals surface area contributed by atoms with Gasteiger partial charge < -0.3 is 25.7 Å². The summed E-state index contributed by atoms with van der Waals surface area (Å²) in [6.45, 7) is 0. The fraction of sp³-hybridized carbons (Fsp3) is 0.357. The Balaban J connectivity index is 0.00000441. The number of carbonyl (C=O) groups is 3. The van der Waals surface area contributed by atoms with Gasteiger partial charge in [-0.05, 0) is 5.56 Å². The van der Waals surface area contributed by atoms with Gasteiger partial charge in [0.2, 0.25) is 5.91 Å². The van der Waals surface area contributed by atoms with Crippen LogP contribution in [0.25, 0.3) is 0 Å². The van der Waals surface area contributed by atoms with Crippen molar-refractivity contribution in [2.75, 3.05) is 7.11 Å². The van der Waals surface area contributed by atoms with Crippen molar-refractivity contribution in [3.63, 3.8) is 0 Å². The molecule has 2 atom stereocenters. The molecule has 3 N–H and O–H groups in total. The van der Waals surface area contributed by atoms with Crippen LogP contribution in [0.1, 0.15) is 12.0 Å². The number of carbonyl (C=O) groups excluding carboxylic acids is 3. The Hall–Kier alpha value is -1.41. The van der Waals surface area contributed by atoms with Crippen LogP contribution in [-0.4, -0.2) is 37.0 Å². The molecule has 0 saturated carbocycles. The summed E-state index contributed by atoms with van der Waals surface area (Å²) in [6, 6.07) is 6.80. The Morgan fingerprint density at radius 3 is 2.36 bits per heavy atom. The molecule has 7 nitrogen and oxygen atoms in total. The normalized spacial score (nSPS) is 12.5. The quantitative estimate of drug-likeness (QED) is 0.385. The van der Waals surface area contributed by atoms with Crippen LogP contribution in [0.3, 0.4) is 0 Å². The smallest absolute Gasteiger partial charge is 0.550 e. The van der Waals surface area contributed by atoms with Crippen LogP contribution in [0.2, 0.25) is 0 Å². The van der Waals surface area contributed by atoms with Gasteiger partial charge in [-0.15, -0.1) is 0 Å². The van der Waals surface area contributed by atoms with Crippen molar-refractivity contribution in [3.8, 4) is 0 Å². The van der Waals surface area contributed by atoms with Crippen molar-refractivity contribution >= 4 is 17.8 Å². The Morgan fingerprint density at radius 2 is 1.86 bits per heavy atom. The number of carboxylic acid groups (broad SMARTS) is 1. The number of aliphatic carboxylic acids is 1. The second-order valence-corrected chi connectivity index (χ2v) is 4.46. The Bertz CT molecular complexity index is 509. The zero-order valence-electron chi connectivity index (χ0n) is 12.6. The van der Waals surface area contributed by atoms with Crippen LogP contribution >= 0.6 is 0 Å². The van der Waals surface area contributed by atoms with Gasteiger partial charge in [0.15, 0.2) is 0 Å². The van der Waals surface area contributed by atoms with Crippen LogP contribution in [0.4, 0.5) is 0 Å². The molecule has 8 heteroatoms. The van der Waals surface area contributed by atoms with Crippen molar-refractivity contribution < 1.29 is 53.8 Å². The third kappa shape index (κ3) is 7.04. The van der Waals surface area contributed by atoms with E-state index in [9.17, 15) is 19.5 Å². The van der Waals surface area contributed by atoms with Crippen LogP contribution < -0.4 is 45.7 Å². The molecule has 1 amide bonds. The van der Waals surface area contributed by atoms with Gasteiger partial charge in [-0.2, -0.15) is 0 Å². The van der Waals surface area contributed by atoms with Gasteiger partial charge in [-0.3, -0.25) is 4.79 Å². The summed E-state index contributed by atoms with van der Waals surface area (Å²) >= 11 is 0. The molecule has 1 rings (SSSR count). The third-order valence-corrected chi connectivity index (χ3v) is 2.81. The standard InChI is InChI=1S/C14H18N2O5.Na/c1-21-14(20)11(7-9-5-3-2-4-6-9)16-13(19)10(15)8-12(17)18;/h2-6,10-11H,7-8,15H2,1H3,(H,16,19)(H,17,18);/q;+1/p-1/t10-,11-;/m0./s1. The summed E-state index contributed by atoms with van der Waals surface area (Å²) in [7, 11) is 1.20. The molecule has 114 valence electrons. The predicted molar refractivity (Wildman–Crippen MR) is 71.7 cm³/mol. The summed E-state index contributed by atoms with van der Waals surface area (Å²) in [4.78, 5) is 33.9. The average molecular weight is 316 g/mol. The summed E-state index contributed by atoms with van der Waals surface area (Å²) < 4.78 is 4.62. The van der Waals surface area contributed by atoms with Gasteiger partial charge in [0.25, 0.3) is 0 Å². The molecule has 0 aliphatic rings. The van der Waals surface area contributed by atoms with Gasteiger partial charge >= 0.3 is 35.5 Å². The van der Waals surface area contributed by atoms with Crippen molar-refractivity contribution in [1.82, 2.24) is 5.32 Å². The zero-order chi connectivity index (χ0) is 15.8. The average Bonchev–Trinajstić information content (AvgIpc) is 2.46. The molecule has 0 heterocycles. The number of nitrogens with two attached hydrogens (primary N) is 1. The summed E-state index contributed by atoms with van der Waals surface area (Å²) in [5.41, 5.74) is 6.24. The summed E-state index contributed by atoms with van der Waals surface area (Å²) in [5, 5.41) is 12.8. The van der Waals surface area contributed by atoms with E-state index in [0.29, 0.717) is 0 Å². The number of benzene rings is 1. The minimum Gasteiger partial charge on any atom is -0.550 e. The van der Waals surface area contributed by atoms with E-state index in [2.05, 4.69) is 10.1 Å². The molecule has 1 aromatic rings.